The van der Waals surface area contributed by atoms with Gasteiger partial charge in [-0.15, -0.1) is 63.1 Å². The highest BCUT2D eigenvalue weighted by molar-refractivity contribution is 7.99. The molecule has 8 aromatic rings. The summed E-state index contributed by atoms with van der Waals surface area (Å²) in [7, 11) is 0. The van der Waals surface area contributed by atoms with Gasteiger partial charge in [0, 0.05) is 45.1 Å². The molecule has 0 aliphatic rings. The molecule has 6 heteroatoms. The minimum atomic E-state index is -0.533. The summed E-state index contributed by atoms with van der Waals surface area (Å²) in [6.07, 6.45) is 0. The van der Waals surface area contributed by atoms with Crippen molar-refractivity contribution in [3.05, 3.63) is 221 Å². The molecule has 0 spiro atoms. The minimum absolute atomic E-state index is 0.449. The first kappa shape index (κ1) is 40.6. The van der Waals surface area contributed by atoms with Crippen molar-refractivity contribution in [2.75, 3.05) is 0 Å². The van der Waals surface area contributed by atoms with Crippen molar-refractivity contribution in [1.29, 1.82) is 0 Å². The van der Waals surface area contributed by atoms with Crippen molar-refractivity contribution in [3.63, 3.8) is 0 Å². The van der Waals surface area contributed by atoms with Gasteiger partial charge in [0.2, 0.25) is 0 Å². The lowest BCUT2D eigenvalue weighted by Gasteiger charge is -2.35. The van der Waals surface area contributed by atoms with E-state index in [9.17, 15) is 0 Å². The summed E-state index contributed by atoms with van der Waals surface area (Å²) < 4.78 is 0. The fourth-order valence-electron chi connectivity index (χ4n) is 8.12. The largest absolute Gasteiger partial charge is 0.143 e. The zero-order valence-corrected chi connectivity index (χ0v) is 37.3. The summed E-state index contributed by atoms with van der Waals surface area (Å²) in [5.74, 6) is 0. The molecule has 0 aliphatic heterocycles. The standard InChI is InChI=1S/C52H42S6/c1-51(43-12-6-8-14-47(43)55,44-13-7-9-15-48(44)56)38-22-18-36(19-23-38)37-20-28-42(29-21-37)58-50-33-41(54)27-31-46(50)52(2,45-30-26-40(53)32-49(45)57)39-24-16-35(17-25-39)34-10-4-3-5-11-34/h3-33,53-57H,1-2H3. The van der Waals surface area contributed by atoms with Gasteiger partial charge >= 0.3 is 0 Å². The first-order valence-electron chi connectivity index (χ1n) is 19.0. The highest BCUT2D eigenvalue weighted by atomic mass is 32.2. The lowest BCUT2D eigenvalue weighted by Crippen LogP contribution is -2.27. The summed E-state index contributed by atoms with van der Waals surface area (Å²) in [6.45, 7) is 4.57. The van der Waals surface area contributed by atoms with E-state index in [1.165, 1.54) is 27.8 Å². The Kier molecular flexibility index (Phi) is 12.1. The van der Waals surface area contributed by atoms with Crippen molar-refractivity contribution in [3.8, 4) is 22.3 Å². The number of hydrogen-bond donors (Lipinski definition) is 5. The molecule has 0 fully saturated rings. The van der Waals surface area contributed by atoms with E-state index in [1.54, 1.807) is 11.8 Å². The van der Waals surface area contributed by atoms with Crippen LogP contribution in [0.4, 0.5) is 0 Å². The summed E-state index contributed by atoms with van der Waals surface area (Å²) in [4.78, 5) is 6.87. The van der Waals surface area contributed by atoms with Crippen LogP contribution in [0.25, 0.3) is 22.3 Å². The molecule has 0 N–H and O–H groups in total. The maximum absolute atomic E-state index is 5.03. The highest BCUT2D eigenvalue weighted by Crippen LogP contribution is 2.48. The van der Waals surface area contributed by atoms with E-state index in [4.69, 9.17) is 50.5 Å². The molecule has 0 aliphatic carbocycles. The third-order valence-electron chi connectivity index (χ3n) is 11.4. The van der Waals surface area contributed by atoms with Crippen LogP contribution >= 0.6 is 74.9 Å². The molecule has 0 amide bonds. The predicted octanol–water partition coefficient (Wildman–Crippen LogP) is 15.3. The molecule has 0 nitrogen and oxygen atoms in total. The van der Waals surface area contributed by atoms with Crippen molar-refractivity contribution in [1.82, 2.24) is 0 Å². The Hall–Kier alpha value is -4.14. The fraction of sp³-hybridized carbons (Fsp3) is 0.0769. The lowest BCUT2D eigenvalue weighted by atomic mass is 9.71. The first-order valence-corrected chi connectivity index (χ1v) is 22.1. The molecule has 0 bridgehead atoms. The zero-order valence-electron chi connectivity index (χ0n) is 32.0. The second-order valence-electron chi connectivity index (χ2n) is 14.8. The van der Waals surface area contributed by atoms with Crippen LogP contribution in [0.2, 0.25) is 0 Å². The third kappa shape index (κ3) is 7.95. The quantitative estimate of drug-likeness (QED) is 0.0675. The van der Waals surface area contributed by atoms with E-state index in [0.29, 0.717) is 0 Å². The van der Waals surface area contributed by atoms with Crippen LogP contribution in [-0.4, -0.2) is 0 Å². The second kappa shape index (κ2) is 17.2. The maximum atomic E-state index is 5.03. The van der Waals surface area contributed by atoms with Crippen LogP contribution in [0.1, 0.15) is 47.2 Å². The van der Waals surface area contributed by atoms with Crippen molar-refractivity contribution >= 4 is 74.9 Å². The molecule has 286 valence electrons. The Morgan fingerprint density at radius 1 is 0.345 bits per heavy atom. The van der Waals surface area contributed by atoms with Crippen LogP contribution < -0.4 is 0 Å². The monoisotopic (exact) mass is 858 g/mol. The van der Waals surface area contributed by atoms with E-state index in [1.807, 2.05) is 18.2 Å². The van der Waals surface area contributed by atoms with Gasteiger partial charge in [0.05, 0.1) is 0 Å². The average Bonchev–Trinajstić information content (AvgIpc) is 3.24. The average molecular weight is 859 g/mol. The Morgan fingerprint density at radius 3 is 1.24 bits per heavy atom. The Bertz CT molecular complexity index is 2660. The number of rotatable bonds is 10. The molecule has 0 saturated heterocycles. The summed E-state index contributed by atoms with van der Waals surface area (Å²) in [6, 6.07) is 66.7. The van der Waals surface area contributed by atoms with Crippen molar-refractivity contribution in [2.24, 2.45) is 0 Å². The minimum Gasteiger partial charge on any atom is -0.143 e. The molecule has 0 saturated carbocycles. The smallest absolute Gasteiger partial charge is 0.0445 e. The van der Waals surface area contributed by atoms with Gasteiger partial charge in [0.25, 0.3) is 0 Å². The summed E-state index contributed by atoms with van der Waals surface area (Å²) in [5.41, 5.74) is 10.6. The molecular weight excluding hydrogens is 817 g/mol. The van der Waals surface area contributed by atoms with Gasteiger partial charge in [-0.05, 0) is 118 Å². The fourth-order valence-corrected chi connectivity index (χ4v) is 11.0. The molecule has 0 heterocycles. The molecule has 0 aromatic heterocycles. The predicted molar refractivity (Wildman–Crippen MR) is 261 cm³/mol. The van der Waals surface area contributed by atoms with Gasteiger partial charge in [-0.3, -0.25) is 0 Å². The molecular formula is C52H42S6. The Labute approximate surface area is 374 Å². The van der Waals surface area contributed by atoms with E-state index >= 15 is 0 Å². The molecule has 1 unspecified atom stereocenters. The van der Waals surface area contributed by atoms with E-state index in [0.717, 1.165) is 62.1 Å². The van der Waals surface area contributed by atoms with Crippen LogP contribution in [-0.2, 0) is 10.8 Å². The van der Waals surface area contributed by atoms with E-state index < -0.39 is 10.8 Å². The molecule has 8 rings (SSSR count). The number of thiol groups is 5. The van der Waals surface area contributed by atoms with Crippen LogP contribution in [0.3, 0.4) is 0 Å². The van der Waals surface area contributed by atoms with Gasteiger partial charge in [-0.1, -0.05) is 151 Å². The van der Waals surface area contributed by atoms with Crippen molar-refractivity contribution in [2.45, 2.75) is 58.9 Å². The summed E-state index contributed by atoms with van der Waals surface area (Å²) >= 11 is 26.1. The van der Waals surface area contributed by atoms with Crippen LogP contribution in [0.15, 0.2) is 222 Å². The van der Waals surface area contributed by atoms with E-state index in [2.05, 4.69) is 196 Å². The normalized spacial score (nSPS) is 12.6. The Morgan fingerprint density at radius 2 is 0.741 bits per heavy atom. The molecule has 1 atom stereocenters. The van der Waals surface area contributed by atoms with Gasteiger partial charge in [-0.25, -0.2) is 0 Å². The number of benzene rings is 8. The maximum Gasteiger partial charge on any atom is 0.0445 e. The topological polar surface area (TPSA) is 0 Å². The van der Waals surface area contributed by atoms with Gasteiger partial charge in [0.15, 0.2) is 0 Å². The molecule has 8 aromatic carbocycles. The zero-order chi connectivity index (χ0) is 40.4. The van der Waals surface area contributed by atoms with Crippen molar-refractivity contribution < 1.29 is 0 Å². The SMILES string of the molecule is CC(c1ccc(-c2ccc(Sc3cc(S)ccc3C(C)(c3ccc(-c4ccccc4)cc3)c3ccc(S)cc3S)cc2)cc1)(c1ccccc1S)c1ccccc1S. The van der Waals surface area contributed by atoms with E-state index in [-0.39, 0.29) is 0 Å². The summed E-state index contributed by atoms with van der Waals surface area (Å²) in [5, 5.41) is 0. The van der Waals surface area contributed by atoms with Crippen LogP contribution in [0, 0.1) is 0 Å². The highest BCUT2D eigenvalue weighted by Gasteiger charge is 2.36. The second-order valence-corrected chi connectivity index (χ2v) is 18.4. The Balaban J connectivity index is 1.13. The van der Waals surface area contributed by atoms with Gasteiger partial charge < -0.3 is 0 Å². The lowest BCUT2D eigenvalue weighted by molar-refractivity contribution is 0.660. The van der Waals surface area contributed by atoms with Gasteiger partial charge in [-0.2, -0.15) is 0 Å². The molecule has 0 radical (unpaired) electrons. The molecule has 58 heavy (non-hydrogen) atoms. The third-order valence-corrected chi connectivity index (χ3v) is 14.1. The first-order chi connectivity index (χ1) is 28.0. The number of hydrogen-bond acceptors (Lipinski definition) is 6. The van der Waals surface area contributed by atoms with Crippen LogP contribution in [0.5, 0.6) is 0 Å². The van der Waals surface area contributed by atoms with Gasteiger partial charge in [0.1, 0.15) is 0 Å².